The highest BCUT2D eigenvalue weighted by Gasteiger charge is 2.28. The van der Waals surface area contributed by atoms with Crippen LogP contribution in [0.1, 0.15) is 38.7 Å². The summed E-state index contributed by atoms with van der Waals surface area (Å²) in [6, 6.07) is 7.15. The molecule has 1 saturated carbocycles. The lowest BCUT2D eigenvalue weighted by Gasteiger charge is -2.34. The minimum absolute atomic E-state index is 0.0557. The average molecular weight is 316 g/mol. The first-order valence-electron chi connectivity index (χ1n) is 8.05. The lowest BCUT2D eigenvalue weighted by atomic mass is 9.78. The van der Waals surface area contributed by atoms with Crippen LogP contribution in [0.15, 0.2) is 18.2 Å². The Kier molecular flexibility index (Phi) is 5.86. The molecule has 0 bridgehead atoms. The van der Waals surface area contributed by atoms with Crippen LogP contribution in [0.3, 0.4) is 0 Å². The molecule has 23 heavy (non-hydrogen) atoms. The Hall–Kier alpha value is -2.22. The lowest BCUT2D eigenvalue weighted by Crippen LogP contribution is -2.45. The van der Waals surface area contributed by atoms with Crippen molar-refractivity contribution < 1.29 is 14.3 Å². The Labute approximate surface area is 137 Å². The van der Waals surface area contributed by atoms with Gasteiger partial charge >= 0.3 is 0 Å². The Morgan fingerprint density at radius 3 is 2.83 bits per heavy atom. The van der Waals surface area contributed by atoms with E-state index in [4.69, 9.17) is 14.7 Å². The van der Waals surface area contributed by atoms with Gasteiger partial charge in [-0.1, -0.05) is 26.7 Å². The lowest BCUT2D eigenvalue weighted by molar-refractivity contribution is -0.124. The SMILES string of the molecule is COc1cc(C#N)ccc1OCC(=O)N[C@H]1CCC[C@@H](C)[C@H]1C. The number of hydrogen-bond donors (Lipinski definition) is 1. The molecule has 0 radical (unpaired) electrons. The number of carbonyl (C=O) groups excluding carboxylic acids is 1. The molecule has 0 aromatic heterocycles. The van der Waals surface area contributed by atoms with E-state index in [1.807, 2.05) is 6.07 Å². The van der Waals surface area contributed by atoms with Gasteiger partial charge in [0.05, 0.1) is 18.7 Å². The van der Waals surface area contributed by atoms with E-state index < -0.39 is 0 Å². The fourth-order valence-corrected chi connectivity index (χ4v) is 3.03. The van der Waals surface area contributed by atoms with E-state index in [1.54, 1.807) is 18.2 Å². The van der Waals surface area contributed by atoms with Crippen LogP contribution in [0.25, 0.3) is 0 Å². The number of nitriles is 1. The molecule has 1 aromatic carbocycles. The number of carbonyl (C=O) groups is 1. The van der Waals surface area contributed by atoms with E-state index >= 15 is 0 Å². The predicted molar refractivity (Wildman–Crippen MR) is 87.3 cm³/mol. The molecule has 0 heterocycles. The number of nitrogens with zero attached hydrogens (tertiary/aromatic N) is 1. The van der Waals surface area contributed by atoms with Crippen molar-refractivity contribution in [2.75, 3.05) is 13.7 Å². The number of hydrogen-bond acceptors (Lipinski definition) is 4. The maximum Gasteiger partial charge on any atom is 0.258 e. The topological polar surface area (TPSA) is 71.3 Å². The molecule has 3 atom stereocenters. The molecule has 124 valence electrons. The van der Waals surface area contributed by atoms with Crippen molar-refractivity contribution in [2.24, 2.45) is 11.8 Å². The van der Waals surface area contributed by atoms with Crippen molar-refractivity contribution in [3.63, 3.8) is 0 Å². The Bertz CT molecular complexity index is 594. The van der Waals surface area contributed by atoms with Crippen molar-refractivity contribution in [2.45, 2.75) is 39.2 Å². The Morgan fingerprint density at radius 2 is 2.13 bits per heavy atom. The van der Waals surface area contributed by atoms with Crippen molar-refractivity contribution in [1.82, 2.24) is 5.32 Å². The van der Waals surface area contributed by atoms with Gasteiger partial charge in [-0.3, -0.25) is 4.79 Å². The summed E-state index contributed by atoms with van der Waals surface area (Å²) < 4.78 is 10.7. The van der Waals surface area contributed by atoms with Gasteiger partial charge in [0.15, 0.2) is 18.1 Å². The second-order valence-electron chi connectivity index (χ2n) is 6.21. The summed E-state index contributed by atoms with van der Waals surface area (Å²) in [5.74, 6) is 1.91. The van der Waals surface area contributed by atoms with Crippen molar-refractivity contribution >= 4 is 5.91 Å². The van der Waals surface area contributed by atoms with E-state index in [9.17, 15) is 4.79 Å². The molecule has 1 aliphatic carbocycles. The van der Waals surface area contributed by atoms with Crippen LogP contribution in [0, 0.1) is 23.2 Å². The largest absolute Gasteiger partial charge is 0.493 e. The molecule has 1 aliphatic rings. The van der Waals surface area contributed by atoms with Crippen LogP contribution in [0.4, 0.5) is 0 Å². The van der Waals surface area contributed by atoms with Crippen molar-refractivity contribution in [1.29, 1.82) is 5.26 Å². The van der Waals surface area contributed by atoms with Crippen molar-refractivity contribution in [3.8, 4) is 17.6 Å². The standard InChI is InChI=1S/C18H24N2O3/c1-12-5-4-6-15(13(12)2)20-18(21)11-23-16-8-7-14(10-19)9-17(16)22-3/h7-9,12-13,15H,4-6,11H2,1-3H3,(H,20,21)/t12-,13-,15+/m1/s1. The fraction of sp³-hybridized carbons (Fsp3) is 0.556. The third kappa shape index (κ3) is 4.38. The van der Waals surface area contributed by atoms with Crippen molar-refractivity contribution in [3.05, 3.63) is 23.8 Å². The maximum atomic E-state index is 12.1. The summed E-state index contributed by atoms with van der Waals surface area (Å²) >= 11 is 0. The quantitative estimate of drug-likeness (QED) is 0.906. The molecule has 1 fully saturated rings. The summed E-state index contributed by atoms with van der Waals surface area (Å²) in [5.41, 5.74) is 0.490. The molecular weight excluding hydrogens is 292 g/mol. The summed E-state index contributed by atoms with van der Waals surface area (Å²) in [6.07, 6.45) is 3.41. The minimum Gasteiger partial charge on any atom is -0.493 e. The van der Waals surface area contributed by atoms with Gasteiger partial charge in [0.2, 0.25) is 0 Å². The monoisotopic (exact) mass is 316 g/mol. The van der Waals surface area contributed by atoms with E-state index in [0.29, 0.717) is 28.9 Å². The number of nitrogens with one attached hydrogen (secondary N) is 1. The molecule has 2 rings (SSSR count). The number of rotatable bonds is 5. The second-order valence-corrected chi connectivity index (χ2v) is 6.21. The third-order valence-electron chi connectivity index (χ3n) is 4.70. The predicted octanol–water partition coefficient (Wildman–Crippen LogP) is 2.89. The maximum absolute atomic E-state index is 12.1. The summed E-state index contributed by atoms with van der Waals surface area (Å²) in [6.45, 7) is 4.38. The van der Waals surface area contributed by atoms with Crippen LogP contribution in [-0.2, 0) is 4.79 Å². The van der Waals surface area contributed by atoms with Gasteiger partial charge in [-0.05, 0) is 30.4 Å². The molecular formula is C18H24N2O3. The number of ether oxygens (including phenoxy) is 2. The van der Waals surface area contributed by atoms with Gasteiger partial charge in [-0.25, -0.2) is 0 Å². The number of amides is 1. The molecule has 0 unspecified atom stereocenters. The smallest absolute Gasteiger partial charge is 0.258 e. The Morgan fingerprint density at radius 1 is 1.35 bits per heavy atom. The number of methoxy groups -OCH3 is 1. The molecule has 1 N–H and O–H groups in total. The van der Waals surface area contributed by atoms with Crippen LogP contribution >= 0.6 is 0 Å². The second kappa shape index (κ2) is 7.87. The molecule has 0 saturated heterocycles. The first-order chi connectivity index (χ1) is 11.0. The van der Waals surface area contributed by atoms with E-state index in [2.05, 4.69) is 19.2 Å². The summed E-state index contributed by atoms with van der Waals surface area (Å²) in [5, 5.41) is 12.0. The van der Waals surface area contributed by atoms with Gasteiger partial charge in [-0.2, -0.15) is 5.26 Å². The van der Waals surface area contributed by atoms with Gasteiger partial charge < -0.3 is 14.8 Å². The molecule has 1 aromatic rings. The van der Waals surface area contributed by atoms with E-state index in [1.165, 1.54) is 13.5 Å². The first kappa shape index (κ1) is 17.1. The molecule has 5 nitrogen and oxygen atoms in total. The van der Waals surface area contributed by atoms with Crippen LogP contribution in [-0.4, -0.2) is 25.7 Å². The van der Waals surface area contributed by atoms with E-state index in [-0.39, 0.29) is 18.6 Å². The zero-order chi connectivity index (χ0) is 16.8. The molecule has 0 spiro atoms. The zero-order valence-corrected chi connectivity index (χ0v) is 14.0. The van der Waals surface area contributed by atoms with Gasteiger partial charge in [-0.15, -0.1) is 0 Å². The van der Waals surface area contributed by atoms with Crippen LogP contribution < -0.4 is 14.8 Å². The van der Waals surface area contributed by atoms with Gasteiger partial charge in [0.1, 0.15) is 0 Å². The third-order valence-corrected chi connectivity index (χ3v) is 4.70. The highest BCUT2D eigenvalue weighted by molar-refractivity contribution is 5.78. The minimum atomic E-state index is -0.123. The average Bonchev–Trinajstić information content (AvgIpc) is 2.57. The normalized spacial score (nSPS) is 23.7. The first-order valence-corrected chi connectivity index (χ1v) is 8.05. The molecule has 1 amide bonds. The molecule has 5 heteroatoms. The Balaban J connectivity index is 1.90. The van der Waals surface area contributed by atoms with E-state index in [0.717, 1.165) is 12.8 Å². The highest BCUT2D eigenvalue weighted by Crippen LogP contribution is 2.30. The van der Waals surface area contributed by atoms with Gasteiger partial charge in [0, 0.05) is 12.1 Å². The summed E-state index contributed by atoms with van der Waals surface area (Å²) in [4.78, 5) is 12.1. The highest BCUT2D eigenvalue weighted by atomic mass is 16.5. The fourth-order valence-electron chi connectivity index (χ4n) is 3.03. The van der Waals surface area contributed by atoms with Gasteiger partial charge in [0.25, 0.3) is 5.91 Å². The van der Waals surface area contributed by atoms with Crippen LogP contribution in [0.5, 0.6) is 11.5 Å². The number of benzene rings is 1. The summed E-state index contributed by atoms with van der Waals surface area (Å²) in [7, 11) is 1.51. The van der Waals surface area contributed by atoms with Crippen LogP contribution in [0.2, 0.25) is 0 Å². The zero-order valence-electron chi connectivity index (χ0n) is 14.0. The molecule has 0 aliphatic heterocycles.